The first-order valence-corrected chi connectivity index (χ1v) is 21.2. The summed E-state index contributed by atoms with van der Waals surface area (Å²) in [6, 6.07) is 13.1. The number of ether oxygens (including phenoxy) is 2. The first-order chi connectivity index (χ1) is 27.3. The average molecular weight is 798 g/mol. The molecule has 2 saturated carbocycles. The molecule has 1 saturated heterocycles. The largest absolute Gasteiger partial charge is 0.497 e. The third-order valence-corrected chi connectivity index (χ3v) is 13.3. The molecule has 5 atom stereocenters. The molecule has 8 rings (SSSR count). The molecule has 2 aliphatic carbocycles. The highest BCUT2D eigenvalue weighted by Crippen LogP contribution is 2.46. The highest BCUT2D eigenvalue weighted by atomic mass is 32.2. The fraction of sp³-hybridized carbons (Fsp3) is 0.452. The summed E-state index contributed by atoms with van der Waals surface area (Å²) in [7, 11) is -2.30. The Balaban J connectivity index is 1.15. The summed E-state index contributed by atoms with van der Waals surface area (Å²) in [5.74, 6) is -1.58. The van der Waals surface area contributed by atoms with Gasteiger partial charge in [0.25, 0.3) is 5.91 Å². The summed E-state index contributed by atoms with van der Waals surface area (Å²) in [5.41, 5.74) is 2.54. The number of carbonyl (C=O) groups is 4. The van der Waals surface area contributed by atoms with Crippen molar-refractivity contribution < 1.29 is 41.5 Å². The molecule has 4 aromatic rings. The van der Waals surface area contributed by atoms with Crippen LogP contribution in [0.2, 0.25) is 0 Å². The van der Waals surface area contributed by atoms with E-state index in [1.54, 1.807) is 13.2 Å². The minimum absolute atomic E-state index is 0.00733. The van der Waals surface area contributed by atoms with Crippen LogP contribution in [-0.4, -0.2) is 84.6 Å². The van der Waals surface area contributed by atoms with E-state index in [9.17, 15) is 27.6 Å². The van der Waals surface area contributed by atoms with Crippen LogP contribution in [0.4, 0.5) is 0 Å². The second kappa shape index (κ2) is 15.1. The van der Waals surface area contributed by atoms with Crippen LogP contribution >= 0.6 is 0 Å². The van der Waals surface area contributed by atoms with E-state index in [4.69, 9.17) is 18.9 Å². The Bertz CT molecular complexity index is 2390. The third kappa shape index (κ3) is 7.81. The van der Waals surface area contributed by atoms with Gasteiger partial charge in [0, 0.05) is 36.3 Å². The monoisotopic (exact) mass is 797 g/mol. The number of aromatic nitrogens is 1. The standard InChI is InChI=1S/C42H47N5O9S/c1-24-11-18-35-31(19-24)37-38(56-35)36(21-33(44-37)26-12-14-28(54-3)15-13-26)55-29-20-34-39(49)45-42(41(51)46-57(52,53)30-16-17-30)22-27(42)9-7-5-4-6-8-10-32(43-25(2)48)40(50)47(34)23-29/h7,9,11-15,18-19,21,27,29-30,32,34H,4-6,8,10,16-17,20,22-23H2,1-3H3,(H,43,48)(H,45,49)(H,46,51)/b9-7-/t27-,29+,32-,34-,42+/m0/s1. The van der Waals surface area contributed by atoms with E-state index in [1.807, 2.05) is 61.5 Å². The molecular weight excluding hydrogens is 751 g/mol. The zero-order chi connectivity index (χ0) is 40.1. The molecule has 2 aromatic heterocycles. The molecule has 57 heavy (non-hydrogen) atoms. The highest BCUT2D eigenvalue weighted by Gasteiger charge is 2.62. The highest BCUT2D eigenvalue weighted by molar-refractivity contribution is 7.91. The van der Waals surface area contributed by atoms with E-state index in [1.165, 1.54) is 11.8 Å². The molecule has 2 aromatic carbocycles. The number of nitrogens with zero attached hydrogens (tertiary/aromatic N) is 2. The molecule has 0 spiro atoms. The molecular formula is C42H47N5O9S. The van der Waals surface area contributed by atoms with Crippen molar-refractivity contribution in [2.45, 2.75) is 101 Å². The molecule has 3 fully saturated rings. The summed E-state index contributed by atoms with van der Waals surface area (Å²) in [5, 5.41) is 5.87. The fourth-order valence-corrected chi connectivity index (χ4v) is 9.45. The van der Waals surface area contributed by atoms with E-state index in [-0.39, 0.29) is 25.3 Å². The number of aryl methyl sites for hydroxylation is 1. The van der Waals surface area contributed by atoms with Crippen LogP contribution in [0.15, 0.2) is 65.1 Å². The van der Waals surface area contributed by atoms with E-state index in [2.05, 4.69) is 15.4 Å². The Morgan fingerprint density at radius 1 is 1.04 bits per heavy atom. The lowest BCUT2D eigenvalue weighted by atomic mass is 10.0. The molecule has 15 heteroatoms. The second-order valence-corrected chi connectivity index (χ2v) is 17.7. The predicted molar refractivity (Wildman–Crippen MR) is 212 cm³/mol. The Morgan fingerprint density at radius 2 is 1.82 bits per heavy atom. The van der Waals surface area contributed by atoms with E-state index < -0.39 is 62.6 Å². The van der Waals surface area contributed by atoms with Gasteiger partial charge >= 0.3 is 0 Å². The second-order valence-electron chi connectivity index (χ2n) is 15.8. The van der Waals surface area contributed by atoms with Crippen molar-refractivity contribution in [3.63, 3.8) is 0 Å². The van der Waals surface area contributed by atoms with Crippen molar-refractivity contribution in [3.8, 4) is 22.8 Å². The average Bonchev–Trinajstić information content (AvgIpc) is 4.09. The van der Waals surface area contributed by atoms with E-state index in [0.29, 0.717) is 66.0 Å². The molecule has 300 valence electrons. The number of hydrogen-bond donors (Lipinski definition) is 3. The smallest absolute Gasteiger partial charge is 0.259 e. The van der Waals surface area contributed by atoms with Crippen LogP contribution in [0.1, 0.15) is 70.3 Å². The van der Waals surface area contributed by atoms with Gasteiger partial charge in [-0.3, -0.25) is 23.9 Å². The number of methoxy groups -OCH3 is 1. The number of hydrogen-bond acceptors (Lipinski definition) is 10. The number of amides is 4. The number of carbonyl (C=O) groups excluding carboxylic acids is 4. The summed E-state index contributed by atoms with van der Waals surface area (Å²) in [6.07, 6.45) is 7.67. The van der Waals surface area contributed by atoms with Gasteiger partial charge in [-0.15, -0.1) is 0 Å². The van der Waals surface area contributed by atoms with Gasteiger partial charge < -0.3 is 29.4 Å². The Labute approximate surface area is 330 Å². The number of nitrogens with one attached hydrogen (secondary N) is 3. The Hall–Kier alpha value is -5.44. The number of sulfonamides is 1. The van der Waals surface area contributed by atoms with Gasteiger partial charge in [-0.25, -0.2) is 13.4 Å². The third-order valence-electron chi connectivity index (χ3n) is 11.4. The molecule has 0 bridgehead atoms. The van der Waals surface area contributed by atoms with Crippen LogP contribution in [0.3, 0.4) is 0 Å². The van der Waals surface area contributed by atoms with Crippen molar-refractivity contribution in [2.24, 2.45) is 5.92 Å². The zero-order valence-corrected chi connectivity index (χ0v) is 33.0. The van der Waals surface area contributed by atoms with Crippen molar-refractivity contribution in [2.75, 3.05) is 13.7 Å². The Morgan fingerprint density at radius 3 is 2.56 bits per heavy atom. The maximum atomic E-state index is 14.5. The maximum Gasteiger partial charge on any atom is 0.259 e. The van der Waals surface area contributed by atoms with Crippen molar-refractivity contribution >= 4 is 55.7 Å². The lowest BCUT2D eigenvalue weighted by Gasteiger charge is -2.29. The van der Waals surface area contributed by atoms with Gasteiger partial charge in [-0.2, -0.15) is 0 Å². The predicted octanol–water partition coefficient (Wildman–Crippen LogP) is 4.82. The van der Waals surface area contributed by atoms with Crippen LogP contribution in [0.5, 0.6) is 11.5 Å². The lowest BCUT2D eigenvalue weighted by Crippen LogP contribution is -2.58. The minimum atomic E-state index is -3.90. The summed E-state index contributed by atoms with van der Waals surface area (Å²) >= 11 is 0. The molecule has 3 N–H and O–H groups in total. The molecule has 2 aliphatic heterocycles. The fourth-order valence-electron chi connectivity index (χ4n) is 8.09. The van der Waals surface area contributed by atoms with Crippen LogP contribution in [-0.2, 0) is 29.2 Å². The number of fused-ring (bicyclic) bond motifs is 5. The topological polar surface area (TPSA) is 186 Å². The number of rotatable bonds is 8. The zero-order valence-electron chi connectivity index (χ0n) is 32.2. The van der Waals surface area contributed by atoms with Crippen LogP contribution in [0, 0.1) is 12.8 Å². The lowest BCUT2D eigenvalue weighted by molar-refractivity contribution is -0.142. The van der Waals surface area contributed by atoms with E-state index in [0.717, 1.165) is 29.4 Å². The van der Waals surface area contributed by atoms with Gasteiger partial charge in [0.15, 0.2) is 11.3 Å². The molecule has 4 heterocycles. The van der Waals surface area contributed by atoms with E-state index >= 15 is 0 Å². The van der Waals surface area contributed by atoms with Crippen LogP contribution in [0.25, 0.3) is 33.3 Å². The Kier molecular flexibility index (Phi) is 10.2. The van der Waals surface area contributed by atoms with Crippen molar-refractivity contribution in [3.05, 3.63) is 66.2 Å². The number of allylic oxidation sites excluding steroid dienone is 1. The van der Waals surface area contributed by atoms with Gasteiger partial charge in [-0.05, 0) is 81.8 Å². The minimum Gasteiger partial charge on any atom is -0.497 e. The summed E-state index contributed by atoms with van der Waals surface area (Å²) in [6.45, 7) is 3.33. The van der Waals surface area contributed by atoms with Gasteiger partial charge in [-0.1, -0.05) is 36.6 Å². The molecule has 14 nitrogen and oxygen atoms in total. The quantitative estimate of drug-likeness (QED) is 0.209. The molecule has 0 radical (unpaired) electrons. The van der Waals surface area contributed by atoms with Crippen molar-refractivity contribution in [1.29, 1.82) is 0 Å². The van der Waals surface area contributed by atoms with Crippen LogP contribution < -0.4 is 24.8 Å². The molecule has 0 unspecified atom stereocenters. The number of furan rings is 1. The van der Waals surface area contributed by atoms with Gasteiger partial charge in [0.05, 0.1) is 24.6 Å². The SMILES string of the molecule is COc1ccc(-c2cc(O[C@@H]3C[C@H]4C(=O)N[C@]5(C(=O)NS(=O)(=O)C6CC6)C[C@@H]5/C=C\CCCCC[C@H](NC(C)=O)C(=O)N4C3)c3oc4ccc(C)cc4c3n2)cc1. The first kappa shape index (κ1) is 38.4. The van der Waals surface area contributed by atoms with Crippen molar-refractivity contribution in [1.82, 2.24) is 25.2 Å². The van der Waals surface area contributed by atoms with Gasteiger partial charge in [0.2, 0.25) is 27.7 Å². The number of benzene rings is 2. The van der Waals surface area contributed by atoms with Gasteiger partial charge in [0.1, 0.15) is 40.6 Å². The normalized spacial score (nSPS) is 26.1. The maximum absolute atomic E-state index is 14.5. The number of pyridine rings is 1. The first-order valence-electron chi connectivity index (χ1n) is 19.6. The molecule has 4 aliphatic rings. The summed E-state index contributed by atoms with van der Waals surface area (Å²) < 4.78 is 46.4. The summed E-state index contributed by atoms with van der Waals surface area (Å²) in [4.78, 5) is 61.5. The molecule has 4 amide bonds.